The number of aromatic hydroxyl groups is 1. The molecule has 0 spiro atoms. The lowest BCUT2D eigenvalue weighted by atomic mass is 10.1. The van der Waals surface area contributed by atoms with E-state index >= 15 is 0 Å². The molecule has 0 atom stereocenters. The molecule has 0 saturated heterocycles. The molecule has 3 heteroatoms. The van der Waals surface area contributed by atoms with Gasteiger partial charge in [0.1, 0.15) is 5.75 Å². The van der Waals surface area contributed by atoms with Crippen molar-refractivity contribution in [2.24, 2.45) is 0 Å². The molecule has 1 rings (SSSR count). The van der Waals surface area contributed by atoms with E-state index in [9.17, 15) is 4.79 Å². The average molecular weight is 178 g/mol. The Morgan fingerprint density at radius 1 is 1.31 bits per heavy atom. The number of carboxylic acid groups (broad SMARTS) is 1. The number of carbonyl (C=O) groups is 1. The lowest BCUT2D eigenvalue weighted by molar-refractivity contribution is -0.135. The molecule has 0 heterocycles. The Morgan fingerprint density at radius 3 is 2.31 bits per heavy atom. The molecule has 1 aromatic carbocycles. The zero-order valence-electron chi connectivity index (χ0n) is 7.03. The van der Waals surface area contributed by atoms with Crippen LogP contribution >= 0.6 is 0 Å². The number of phenolic OH excluding ortho intramolecular Hbond substituents is 1. The van der Waals surface area contributed by atoms with Gasteiger partial charge in [0.05, 0.1) is 6.42 Å². The highest BCUT2D eigenvalue weighted by molar-refractivity contribution is 5.83. The highest BCUT2D eigenvalue weighted by Crippen LogP contribution is 2.18. The SMILES string of the molecule is C=C(CC(=O)O)c1ccc(O)cc1. The van der Waals surface area contributed by atoms with Crippen LogP contribution in [-0.2, 0) is 4.79 Å². The van der Waals surface area contributed by atoms with Crippen molar-refractivity contribution in [3.05, 3.63) is 36.4 Å². The number of phenols is 1. The Bertz CT molecular complexity index is 325. The largest absolute Gasteiger partial charge is 0.508 e. The summed E-state index contributed by atoms with van der Waals surface area (Å²) >= 11 is 0. The molecule has 0 aliphatic heterocycles. The van der Waals surface area contributed by atoms with Gasteiger partial charge in [-0.15, -0.1) is 0 Å². The number of benzene rings is 1. The number of rotatable bonds is 3. The Hall–Kier alpha value is -1.77. The van der Waals surface area contributed by atoms with Crippen LogP contribution in [0.5, 0.6) is 5.75 Å². The van der Waals surface area contributed by atoms with Crippen LogP contribution in [0.4, 0.5) is 0 Å². The van der Waals surface area contributed by atoms with Gasteiger partial charge >= 0.3 is 5.97 Å². The number of carboxylic acids is 1. The normalized spacial score (nSPS) is 9.54. The Morgan fingerprint density at radius 2 is 1.85 bits per heavy atom. The van der Waals surface area contributed by atoms with Crippen LogP contribution in [0.3, 0.4) is 0 Å². The summed E-state index contributed by atoms with van der Waals surface area (Å²) in [5, 5.41) is 17.5. The Kier molecular flexibility index (Phi) is 2.69. The molecule has 0 amide bonds. The van der Waals surface area contributed by atoms with Crippen LogP contribution < -0.4 is 0 Å². The molecule has 0 saturated carbocycles. The van der Waals surface area contributed by atoms with Gasteiger partial charge in [0.2, 0.25) is 0 Å². The molecule has 0 bridgehead atoms. The summed E-state index contributed by atoms with van der Waals surface area (Å²) in [6.07, 6.45) is -0.0786. The van der Waals surface area contributed by atoms with E-state index in [1.807, 2.05) is 0 Å². The Labute approximate surface area is 76.0 Å². The van der Waals surface area contributed by atoms with E-state index in [-0.39, 0.29) is 12.2 Å². The predicted octanol–water partition coefficient (Wildman–Crippen LogP) is 1.88. The molecule has 0 aliphatic carbocycles. The van der Waals surface area contributed by atoms with Gasteiger partial charge in [0.25, 0.3) is 0 Å². The lowest BCUT2D eigenvalue weighted by Crippen LogP contribution is -1.95. The fourth-order valence-electron chi connectivity index (χ4n) is 0.982. The maximum atomic E-state index is 10.3. The van der Waals surface area contributed by atoms with Crippen molar-refractivity contribution < 1.29 is 15.0 Å². The second-order valence-electron chi connectivity index (χ2n) is 2.72. The molecule has 2 N–H and O–H groups in total. The molecule has 0 aliphatic rings. The van der Waals surface area contributed by atoms with Crippen LogP contribution in [-0.4, -0.2) is 16.2 Å². The van der Waals surface area contributed by atoms with Crippen molar-refractivity contribution in [2.75, 3.05) is 0 Å². The summed E-state index contributed by atoms with van der Waals surface area (Å²) < 4.78 is 0. The summed E-state index contributed by atoms with van der Waals surface area (Å²) in [5.74, 6) is -0.745. The first-order valence-corrected chi connectivity index (χ1v) is 3.78. The zero-order valence-corrected chi connectivity index (χ0v) is 7.03. The minimum absolute atomic E-state index is 0.0786. The van der Waals surface area contributed by atoms with E-state index in [2.05, 4.69) is 6.58 Å². The second-order valence-corrected chi connectivity index (χ2v) is 2.72. The van der Waals surface area contributed by atoms with E-state index in [0.717, 1.165) is 5.56 Å². The van der Waals surface area contributed by atoms with Crippen molar-refractivity contribution in [1.82, 2.24) is 0 Å². The van der Waals surface area contributed by atoms with E-state index in [4.69, 9.17) is 10.2 Å². The Balaban J connectivity index is 2.78. The van der Waals surface area contributed by atoms with Crippen LogP contribution in [0.2, 0.25) is 0 Å². The van der Waals surface area contributed by atoms with Gasteiger partial charge in [-0.3, -0.25) is 4.79 Å². The molecule has 3 nitrogen and oxygen atoms in total. The highest BCUT2D eigenvalue weighted by Gasteiger charge is 2.03. The summed E-state index contributed by atoms with van der Waals surface area (Å²) in [7, 11) is 0. The third-order valence-electron chi connectivity index (χ3n) is 1.64. The zero-order chi connectivity index (χ0) is 9.84. The van der Waals surface area contributed by atoms with Gasteiger partial charge in [0.15, 0.2) is 0 Å². The second kappa shape index (κ2) is 3.76. The summed E-state index contributed by atoms with van der Waals surface area (Å²) in [6, 6.07) is 6.28. The highest BCUT2D eigenvalue weighted by atomic mass is 16.4. The summed E-state index contributed by atoms with van der Waals surface area (Å²) in [6.45, 7) is 3.63. The van der Waals surface area contributed by atoms with Crippen LogP contribution in [0, 0.1) is 0 Å². The van der Waals surface area contributed by atoms with Crippen molar-refractivity contribution in [1.29, 1.82) is 0 Å². The fraction of sp³-hybridized carbons (Fsp3) is 0.100. The van der Waals surface area contributed by atoms with E-state index < -0.39 is 5.97 Å². The number of aliphatic carboxylic acids is 1. The molecular formula is C10H10O3. The van der Waals surface area contributed by atoms with Gasteiger partial charge in [0, 0.05) is 0 Å². The predicted molar refractivity (Wildman–Crippen MR) is 49.4 cm³/mol. The maximum Gasteiger partial charge on any atom is 0.307 e. The first-order valence-electron chi connectivity index (χ1n) is 3.78. The fourth-order valence-corrected chi connectivity index (χ4v) is 0.982. The van der Waals surface area contributed by atoms with Gasteiger partial charge in [-0.05, 0) is 23.3 Å². The molecule has 0 radical (unpaired) electrons. The topological polar surface area (TPSA) is 57.5 Å². The van der Waals surface area contributed by atoms with Crippen LogP contribution in [0.25, 0.3) is 5.57 Å². The minimum atomic E-state index is -0.905. The third-order valence-corrected chi connectivity index (χ3v) is 1.64. The summed E-state index contributed by atoms with van der Waals surface area (Å²) in [4.78, 5) is 10.3. The molecule has 0 aromatic heterocycles. The third kappa shape index (κ3) is 2.63. The van der Waals surface area contributed by atoms with Crippen LogP contribution in [0.15, 0.2) is 30.8 Å². The van der Waals surface area contributed by atoms with Gasteiger partial charge < -0.3 is 10.2 Å². The first-order chi connectivity index (χ1) is 6.09. The molecule has 68 valence electrons. The molecule has 13 heavy (non-hydrogen) atoms. The quantitative estimate of drug-likeness (QED) is 0.742. The number of hydrogen-bond donors (Lipinski definition) is 2. The molecule has 0 fully saturated rings. The van der Waals surface area contributed by atoms with Gasteiger partial charge in [-0.25, -0.2) is 0 Å². The first kappa shape index (κ1) is 9.32. The lowest BCUT2D eigenvalue weighted by Gasteiger charge is -2.02. The van der Waals surface area contributed by atoms with Crippen molar-refractivity contribution in [3.8, 4) is 5.75 Å². The van der Waals surface area contributed by atoms with Crippen LogP contribution in [0.1, 0.15) is 12.0 Å². The smallest absolute Gasteiger partial charge is 0.307 e. The van der Waals surface area contributed by atoms with E-state index in [1.54, 1.807) is 12.1 Å². The maximum absolute atomic E-state index is 10.3. The minimum Gasteiger partial charge on any atom is -0.508 e. The standard InChI is InChI=1S/C10H10O3/c1-7(6-10(12)13)8-2-4-9(11)5-3-8/h2-5,11H,1,6H2,(H,12,13). The summed E-state index contributed by atoms with van der Waals surface area (Å²) in [5.41, 5.74) is 1.27. The van der Waals surface area contributed by atoms with Crippen molar-refractivity contribution in [2.45, 2.75) is 6.42 Å². The van der Waals surface area contributed by atoms with Crippen molar-refractivity contribution >= 4 is 11.5 Å². The average Bonchev–Trinajstić information content (AvgIpc) is 2.04. The monoisotopic (exact) mass is 178 g/mol. The molecular weight excluding hydrogens is 168 g/mol. The van der Waals surface area contributed by atoms with Crippen molar-refractivity contribution in [3.63, 3.8) is 0 Å². The number of hydrogen-bond acceptors (Lipinski definition) is 2. The molecule has 1 aromatic rings. The molecule has 0 unspecified atom stereocenters. The van der Waals surface area contributed by atoms with E-state index in [0.29, 0.717) is 5.57 Å². The van der Waals surface area contributed by atoms with Gasteiger partial charge in [-0.1, -0.05) is 18.7 Å². The van der Waals surface area contributed by atoms with E-state index in [1.165, 1.54) is 12.1 Å². The van der Waals surface area contributed by atoms with Gasteiger partial charge in [-0.2, -0.15) is 0 Å².